The van der Waals surface area contributed by atoms with E-state index in [1.165, 1.54) is 17.8 Å². The number of oxazole rings is 1. The lowest BCUT2D eigenvalue weighted by Crippen LogP contribution is -2.34. The van der Waals surface area contributed by atoms with Crippen LogP contribution in [-0.2, 0) is 24.4 Å². The molecule has 174 valence electrons. The van der Waals surface area contributed by atoms with E-state index in [4.69, 9.17) is 13.6 Å². The largest absolute Gasteiger partial charge is 0.486 e. The second-order valence-corrected chi connectivity index (χ2v) is 8.44. The molecule has 0 unspecified atom stereocenters. The zero-order chi connectivity index (χ0) is 23.5. The molecule has 0 radical (unpaired) electrons. The summed E-state index contributed by atoms with van der Waals surface area (Å²) >= 11 is 1.44. The van der Waals surface area contributed by atoms with E-state index >= 15 is 0 Å². The molecule has 0 spiro atoms. The van der Waals surface area contributed by atoms with Gasteiger partial charge in [-0.15, -0.1) is 10.2 Å². The highest BCUT2D eigenvalue weighted by molar-refractivity contribution is 7.98. The number of tetrazole rings is 1. The van der Waals surface area contributed by atoms with Crippen molar-refractivity contribution in [1.82, 2.24) is 30.5 Å². The molecule has 11 heteroatoms. The van der Waals surface area contributed by atoms with Crippen molar-refractivity contribution in [3.63, 3.8) is 0 Å². The number of carbonyl (C=O) groups is 1. The first-order valence-corrected chi connectivity index (χ1v) is 11.9. The summed E-state index contributed by atoms with van der Waals surface area (Å²) in [6.07, 6.45) is 7.40. The van der Waals surface area contributed by atoms with Gasteiger partial charge in [0.2, 0.25) is 11.7 Å². The molecule has 34 heavy (non-hydrogen) atoms. The quantitative estimate of drug-likeness (QED) is 0.313. The van der Waals surface area contributed by atoms with Crippen LogP contribution in [0.2, 0.25) is 0 Å². The number of nitrogens with zero attached hydrogens (tertiary/aromatic N) is 5. The maximum absolute atomic E-state index is 12.7. The van der Waals surface area contributed by atoms with Crippen LogP contribution >= 0.6 is 11.8 Å². The third kappa shape index (κ3) is 4.60. The molecule has 4 heterocycles. The Morgan fingerprint density at radius 2 is 2.26 bits per heavy atom. The van der Waals surface area contributed by atoms with E-state index in [9.17, 15) is 4.79 Å². The molecule has 0 atom stereocenters. The lowest BCUT2D eigenvalue weighted by atomic mass is 9.96. The van der Waals surface area contributed by atoms with Crippen molar-refractivity contribution in [2.75, 3.05) is 12.8 Å². The number of amides is 1. The van der Waals surface area contributed by atoms with Gasteiger partial charge in [0.25, 0.3) is 5.22 Å². The smallest absolute Gasteiger partial charge is 0.255 e. The Labute approximate surface area is 199 Å². The first-order valence-electron chi connectivity index (χ1n) is 10.6. The summed E-state index contributed by atoms with van der Waals surface area (Å²) in [5.41, 5.74) is 3.58. The summed E-state index contributed by atoms with van der Waals surface area (Å²) in [5.74, 6) is 2.31. The van der Waals surface area contributed by atoms with Crippen molar-refractivity contribution in [2.45, 2.75) is 31.7 Å². The zero-order valence-electron chi connectivity index (χ0n) is 18.6. The molecule has 1 aliphatic heterocycles. The Morgan fingerprint density at radius 1 is 1.35 bits per heavy atom. The normalized spacial score (nSPS) is 13.4. The van der Waals surface area contributed by atoms with E-state index in [-0.39, 0.29) is 12.5 Å². The number of aromatic amines is 1. The van der Waals surface area contributed by atoms with Crippen molar-refractivity contribution in [1.29, 1.82) is 0 Å². The summed E-state index contributed by atoms with van der Waals surface area (Å²) in [6.45, 7) is 3.17. The Balaban J connectivity index is 1.39. The fourth-order valence-electron chi connectivity index (χ4n) is 3.76. The van der Waals surface area contributed by atoms with Crippen LogP contribution in [0.1, 0.15) is 28.3 Å². The van der Waals surface area contributed by atoms with Gasteiger partial charge in [-0.2, -0.15) is 5.21 Å². The van der Waals surface area contributed by atoms with Crippen molar-refractivity contribution in [3.05, 3.63) is 64.9 Å². The van der Waals surface area contributed by atoms with Crippen LogP contribution in [0.4, 0.5) is 0 Å². The van der Waals surface area contributed by atoms with Crippen LogP contribution in [0.5, 0.6) is 5.75 Å². The number of ether oxygens (including phenoxy) is 1. The molecule has 5 rings (SSSR count). The van der Waals surface area contributed by atoms with E-state index in [0.29, 0.717) is 47.8 Å². The summed E-state index contributed by atoms with van der Waals surface area (Å²) in [7, 11) is 0. The first-order chi connectivity index (χ1) is 16.6. The summed E-state index contributed by atoms with van der Waals surface area (Å²) in [6, 6.07) is 7.55. The number of benzene rings is 1. The third-order valence-corrected chi connectivity index (χ3v) is 6.08. The number of hydrogen-bond acceptors (Lipinski definition) is 9. The molecule has 0 saturated carbocycles. The fraction of sp³-hybridized carbons (Fsp3) is 0.261. The third-order valence-electron chi connectivity index (χ3n) is 5.56. The van der Waals surface area contributed by atoms with Crippen LogP contribution in [0.3, 0.4) is 0 Å². The predicted octanol–water partition coefficient (Wildman–Crippen LogP) is 3.66. The SMILES string of the molecule is CSc1nc(COc2cc3c(cc2-c2nn[nH]n2)CCN(C(=O)/C=C/c2ccco2)C3)c(C)o1. The molecular formula is C23H22N6O4S. The van der Waals surface area contributed by atoms with Gasteiger partial charge in [0.05, 0.1) is 11.8 Å². The number of thioether (sulfide) groups is 1. The van der Waals surface area contributed by atoms with Crippen LogP contribution in [0.25, 0.3) is 17.5 Å². The average molecular weight is 479 g/mol. The summed E-state index contributed by atoms with van der Waals surface area (Å²) in [4.78, 5) is 19.0. The van der Waals surface area contributed by atoms with Crippen molar-refractivity contribution in [2.24, 2.45) is 0 Å². The van der Waals surface area contributed by atoms with Gasteiger partial charge in [-0.3, -0.25) is 4.79 Å². The van der Waals surface area contributed by atoms with Gasteiger partial charge in [-0.05, 0) is 66.3 Å². The van der Waals surface area contributed by atoms with E-state index in [2.05, 4.69) is 25.6 Å². The molecule has 0 saturated heterocycles. The standard InChI is InChI=1S/C23H22N6O4S/c1-14-19(24-23(33-14)34-2)13-32-20-11-16-12-29(21(30)6-5-17-4-3-9-31-17)8-7-15(16)10-18(20)22-25-27-28-26-22/h3-6,9-11H,7-8,12-13H2,1-2H3,(H,25,26,27,28)/b6-5+. The number of aromatic nitrogens is 5. The second kappa shape index (κ2) is 9.56. The van der Waals surface area contributed by atoms with Gasteiger partial charge in [0, 0.05) is 19.2 Å². The number of carbonyl (C=O) groups excluding carboxylic acids is 1. The molecule has 1 aliphatic rings. The van der Waals surface area contributed by atoms with Crippen LogP contribution in [-0.4, -0.2) is 49.2 Å². The molecular weight excluding hydrogens is 456 g/mol. The number of nitrogens with one attached hydrogen (secondary N) is 1. The number of fused-ring (bicyclic) bond motifs is 1. The van der Waals surface area contributed by atoms with Gasteiger partial charge in [-0.1, -0.05) is 11.8 Å². The van der Waals surface area contributed by atoms with Crippen molar-refractivity contribution in [3.8, 4) is 17.1 Å². The van der Waals surface area contributed by atoms with Crippen LogP contribution in [0.15, 0.2) is 50.7 Å². The highest BCUT2D eigenvalue weighted by Gasteiger charge is 2.23. The van der Waals surface area contributed by atoms with Gasteiger partial charge < -0.3 is 18.5 Å². The molecule has 1 amide bonds. The van der Waals surface area contributed by atoms with Gasteiger partial charge in [-0.25, -0.2) is 4.98 Å². The Morgan fingerprint density at radius 3 is 3.00 bits per heavy atom. The number of H-pyrrole nitrogens is 1. The average Bonchev–Trinajstić information content (AvgIpc) is 3.63. The number of aryl methyl sites for hydroxylation is 1. The molecule has 3 aromatic heterocycles. The number of furan rings is 1. The minimum Gasteiger partial charge on any atom is -0.486 e. The van der Waals surface area contributed by atoms with Crippen LogP contribution < -0.4 is 4.74 Å². The fourth-order valence-corrected chi connectivity index (χ4v) is 4.17. The molecule has 0 bridgehead atoms. The van der Waals surface area contributed by atoms with Crippen LogP contribution in [0, 0.1) is 6.92 Å². The Kier molecular flexibility index (Phi) is 6.17. The lowest BCUT2D eigenvalue weighted by Gasteiger charge is -2.29. The van der Waals surface area contributed by atoms with Gasteiger partial charge in [0.1, 0.15) is 29.6 Å². The second-order valence-electron chi connectivity index (χ2n) is 7.69. The summed E-state index contributed by atoms with van der Waals surface area (Å²) < 4.78 is 17.0. The molecule has 1 N–H and O–H groups in total. The predicted molar refractivity (Wildman–Crippen MR) is 124 cm³/mol. The first kappa shape index (κ1) is 22.0. The Hall–Kier alpha value is -3.86. The summed E-state index contributed by atoms with van der Waals surface area (Å²) in [5, 5.41) is 15.0. The zero-order valence-corrected chi connectivity index (χ0v) is 19.5. The van der Waals surface area contributed by atoms with Crippen molar-refractivity contribution < 1.29 is 18.4 Å². The maximum atomic E-state index is 12.7. The number of hydrogen-bond donors (Lipinski definition) is 1. The molecule has 0 aliphatic carbocycles. The molecule has 0 fully saturated rings. The van der Waals surface area contributed by atoms with E-state index < -0.39 is 0 Å². The van der Waals surface area contributed by atoms with Gasteiger partial charge in [0.15, 0.2) is 0 Å². The minimum atomic E-state index is -0.0745. The maximum Gasteiger partial charge on any atom is 0.255 e. The van der Waals surface area contributed by atoms with Gasteiger partial charge >= 0.3 is 0 Å². The molecule has 4 aromatic rings. The Bertz CT molecular complexity index is 1310. The molecule has 1 aromatic carbocycles. The van der Waals surface area contributed by atoms with Crippen molar-refractivity contribution >= 4 is 23.7 Å². The van der Waals surface area contributed by atoms with E-state index in [1.54, 1.807) is 29.4 Å². The molecule has 10 nitrogen and oxygen atoms in total. The van der Waals surface area contributed by atoms with E-state index in [0.717, 1.165) is 22.4 Å². The van der Waals surface area contributed by atoms with E-state index in [1.807, 2.05) is 25.3 Å². The monoisotopic (exact) mass is 478 g/mol. The number of rotatable bonds is 7. The highest BCUT2D eigenvalue weighted by Crippen LogP contribution is 2.34. The highest BCUT2D eigenvalue weighted by atomic mass is 32.2. The lowest BCUT2D eigenvalue weighted by molar-refractivity contribution is -0.126. The minimum absolute atomic E-state index is 0.0745. The topological polar surface area (TPSA) is 123 Å².